The number of aromatic nitrogens is 2. The fourth-order valence-corrected chi connectivity index (χ4v) is 2.67. The molecule has 0 amide bonds. The molecule has 0 bridgehead atoms. The lowest BCUT2D eigenvalue weighted by Crippen LogP contribution is -2.22. The SMILES string of the molecule is CCCCC(CC)C(O)Cc1c(C)nn(C)c1Cl. The molecule has 18 heavy (non-hydrogen) atoms. The van der Waals surface area contributed by atoms with E-state index in [1.807, 2.05) is 14.0 Å². The molecule has 0 spiro atoms. The maximum absolute atomic E-state index is 10.4. The molecular weight excluding hydrogens is 248 g/mol. The Balaban J connectivity index is 2.70. The van der Waals surface area contributed by atoms with E-state index in [0.29, 0.717) is 17.5 Å². The van der Waals surface area contributed by atoms with Gasteiger partial charge in [-0.3, -0.25) is 4.68 Å². The fourth-order valence-electron chi connectivity index (χ4n) is 2.42. The maximum atomic E-state index is 10.4. The monoisotopic (exact) mass is 272 g/mol. The number of unbranched alkanes of at least 4 members (excludes halogenated alkanes) is 1. The fraction of sp³-hybridized carbons (Fsp3) is 0.786. The van der Waals surface area contributed by atoms with Crippen LogP contribution in [-0.4, -0.2) is 21.0 Å². The number of rotatable bonds is 7. The summed E-state index contributed by atoms with van der Waals surface area (Å²) in [5.41, 5.74) is 1.91. The molecule has 0 aliphatic carbocycles. The van der Waals surface area contributed by atoms with Crippen molar-refractivity contribution in [2.24, 2.45) is 13.0 Å². The highest BCUT2D eigenvalue weighted by Gasteiger charge is 2.21. The molecule has 2 unspecified atom stereocenters. The molecule has 1 aromatic rings. The second kappa shape index (κ2) is 7.15. The molecule has 1 N–H and O–H groups in total. The third-order valence-electron chi connectivity index (χ3n) is 3.68. The second-order valence-electron chi connectivity index (χ2n) is 5.06. The van der Waals surface area contributed by atoms with Gasteiger partial charge in [-0.2, -0.15) is 5.10 Å². The summed E-state index contributed by atoms with van der Waals surface area (Å²) in [5, 5.41) is 15.3. The molecule has 1 heterocycles. The zero-order valence-electron chi connectivity index (χ0n) is 11.9. The van der Waals surface area contributed by atoms with Crippen molar-refractivity contribution in [1.82, 2.24) is 9.78 Å². The summed E-state index contributed by atoms with van der Waals surface area (Å²) in [6.07, 6.45) is 4.75. The molecule has 0 aliphatic rings. The molecule has 104 valence electrons. The van der Waals surface area contributed by atoms with Crippen LogP contribution < -0.4 is 0 Å². The van der Waals surface area contributed by atoms with Crippen molar-refractivity contribution in [3.63, 3.8) is 0 Å². The van der Waals surface area contributed by atoms with Crippen LogP contribution in [0.1, 0.15) is 50.8 Å². The minimum absolute atomic E-state index is 0.318. The maximum Gasteiger partial charge on any atom is 0.130 e. The predicted molar refractivity (Wildman–Crippen MR) is 76.0 cm³/mol. The number of hydrogen-bond acceptors (Lipinski definition) is 2. The van der Waals surface area contributed by atoms with E-state index in [-0.39, 0.29) is 6.10 Å². The number of aliphatic hydroxyl groups is 1. The van der Waals surface area contributed by atoms with Gasteiger partial charge in [-0.15, -0.1) is 0 Å². The summed E-state index contributed by atoms with van der Waals surface area (Å²) in [6.45, 7) is 6.27. The standard InChI is InChI=1S/C14H25ClN2O/c1-5-7-8-11(6-2)13(18)9-12-10(3)16-17(4)14(12)15/h11,13,18H,5-9H2,1-4H3. The van der Waals surface area contributed by atoms with Gasteiger partial charge in [-0.25, -0.2) is 0 Å². The second-order valence-corrected chi connectivity index (χ2v) is 5.42. The van der Waals surface area contributed by atoms with E-state index < -0.39 is 0 Å². The van der Waals surface area contributed by atoms with Gasteiger partial charge >= 0.3 is 0 Å². The van der Waals surface area contributed by atoms with Gasteiger partial charge in [-0.1, -0.05) is 44.7 Å². The van der Waals surface area contributed by atoms with Crippen LogP contribution in [0.5, 0.6) is 0 Å². The first kappa shape index (κ1) is 15.5. The molecule has 1 aromatic heterocycles. The van der Waals surface area contributed by atoms with Crippen LogP contribution in [0.2, 0.25) is 5.15 Å². The van der Waals surface area contributed by atoms with E-state index in [9.17, 15) is 5.11 Å². The molecule has 2 atom stereocenters. The third-order valence-corrected chi connectivity index (χ3v) is 4.15. The molecule has 0 radical (unpaired) electrons. The smallest absolute Gasteiger partial charge is 0.130 e. The number of aliphatic hydroxyl groups excluding tert-OH is 1. The highest BCUT2D eigenvalue weighted by Crippen LogP contribution is 2.25. The van der Waals surface area contributed by atoms with Crippen molar-refractivity contribution < 1.29 is 5.11 Å². The van der Waals surface area contributed by atoms with Crippen molar-refractivity contribution >= 4 is 11.6 Å². The first-order valence-corrected chi connectivity index (χ1v) is 7.25. The van der Waals surface area contributed by atoms with E-state index >= 15 is 0 Å². The van der Waals surface area contributed by atoms with Gasteiger partial charge in [0.25, 0.3) is 0 Å². The number of aryl methyl sites for hydroxylation is 2. The van der Waals surface area contributed by atoms with Gasteiger partial charge in [0, 0.05) is 19.0 Å². The zero-order valence-corrected chi connectivity index (χ0v) is 12.7. The van der Waals surface area contributed by atoms with Crippen LogP contribution in [0.4, 0.5) is 0 Å². The average Bonchev–Trinajstić information content (AvgIpc) is 2.57. The normalized spacial score (nSPS) is 14.8. The highest BCUT2D eigenvalue weighted by molar-refractivity contribution is 6.30. The van der Waals surface area contributed by atoms with Crippen LogP contribution in [0.25, 0.3) is 0 Å². The largest absolute Gasteiger partial charge is 0.392 e. The Hall–Kier alpha value is -0.540. The quantitative estimate of drug-likeness (QED) is 0.825. The predicted octanol–water partition coefficient (Wildman–Crippen LogP) is 3.50. The molecular formula is C14H25ClN2O. The Kier molecular flexibility index (Phi) is 6.16. The van der Waals surface area contributed by atoms with E-state index in [2.05, 4.69) is 18.9 Å². The topological polar surface area (TPSA) is 38.1 Å². The summed E-state index contributed by atoms with van der Waals surface area (Å²) < 4.78 is 1.67. The number of halogens is 1. The molecule has 0 fully saturated rings. The highest BCUT2D eigenvalue weighted by atomic mass is 35.5. The molecule has 4 heteroatoms. The van der Waals surface area contributed by atoms with Crippen molar-refractivity contribution in [3.05, 3.63) is 16.4 Å². The van der Waals surface area contributed by atoms with Crippen LogP contribution >= 0.6 is 11.6 Å². The Bertz CT molecular complexity index is 376. The lowest BCUT2D eigenvalue weighted by Gasteiger charge is -2.21. The van der Waals surface area contributed by atoms with Crippen molar-refractivity contribution in [2.75, 3.05) is 0 Å². The Morgan fingerprint density at radius 2 is 2.06 bits per heavy atom. The van der Waals surface area contributed by atoms with Crippen molar-refractivity contribution in [1.29, 1.82) is 0 Å². The summed E-state index contributed by atoms with van der Waals surface area (Å²) in [7, 11) is 1.83. The van der Waals surface area contributed by atoms with Gasteiger partial charge in [0.15, 0.2) is 0 Å². The molecule has 0 aromatic carbocycles. The van der Waals surface area contributed by atoms with Crippen LogP contribution in [0.15, 0.2) is 0 Å². The van der Waals surface area contributed by atoms with Crippen LogP contribution in [0.3, 0.4) is 0 Å². The van der Waals surface area contributed by atoms with Gasteiger partial charge in [0.2, 0.25) is 0 Å². The molecule has 1 rings (SSSR count). The Labute approximate surface area is 115 Å². The number of hydrogen-bond donors (Lipinski definition) is 1. The average molecular weight is 273 g/mol. The first-order valence-electron chi connectivity index (χ1n) is 6.87. The minimum atomic E-state index is -0.318. The van der Waals surface area contributed by atoms with E-state index in [0.717, 1.165) is 24.1 Å². The summed E-state index contributed by atoms with van der Waals surface area (Å²) in [6, 6.07) is 0. The van der Waals surface area contributed by atoms with E-state index in [4.69, 9.17) is 11.6 Å². The van der Waals surface area contributed by atoms with Gasteiger partial charge in [-0.05, 0) is 19.3 Å². The molecule has 0 saturated heterocycles. The van der Waals surface area contributed by atoms with Gasteiger partial charge in [0.05, 0.1) is 11.8 Å². The lowest BCUT2D eigenvalue weighted by molar-refractivity contribution is 0.0986. The summed E-state index contributed by atoms with van der Waals surface area (Å²) in [4.78, 5) is 0. The van der Waals surface area contributed by atoms with Crippen LogP contribution in [0, 0.1) is 12.8 Å². The Morgan fingerprint density at radius 3 is 2.50 bits per heavy atom. The van der Waals surface area contributed by atoms with Crippen molar-refractivity contribution in [2.45, 2.75) is 59.0 Å². The van der Waals surface area contributed by atoms with Gasteiger partial charge in [0.1, 0.15) is 5.15 Å². The minimum Gasteiger partial charge on any atom is -0.392 e. The lowest BCUT2D eigenvalue weighted by atomic mass is 9.90. The third kappa shape index (κ3) is 3.72. The molecule has 0 saturated carbocycles. The number of nitrogens with zero attached hydrogens (tertiary/aromatic N) is 2. The van der Waals surface area contributed by atoms with Gasteiger partial charge < -0.3 is 5.11 Å². The molecule has 0 aliphatic heterocycles. The Morgan fingerprint density at radius 1 is 1.39 bits per heavy atom. The van der Waals surface area contributed by atoms with Crippen LogP contribution in [-0.2, 0) is 13.5 Å². The van der Waals surface area contributed by atoms with E-state index in [1.54, 1.807) is 4.68 Å². The van der Waals surface area contributed by atoms with Crippen molar-refractivity contribution in [3.8, 4) is 0 Å². The molecule has 3 nitrogen and oxygen atoms in total. The summed E-state index contributed by atoms with van der Waals surface area (Å²) in [5.74, 6) is 0.362. The zero-order chi connectivity index (χ0) is 13.7. The summed E-state index contributed by atoms with van der Waals surface area (Å²) >= 11 is 6.20. The van der Waals surface area contributed by atoms with E-state index in [1.165, 1.54) is 12.8 Å². The first-order chi connectivity index (χ1) is 8.51.